The fourth-order valence-corrected chi connectivity index (χ4v) is 5.84. The van der Waals surface area contributed by atoms with Crippen molar-refractivity contribution in [2.45, 2.75) is 63.4 Å². The molecule has 0 aliphatic carbocycles. The van der Waals surface area contributed by atoms with E-state index in [1.54, 1.807) is 56.5 Å². The first-order valence-electron chi connectivity index (χ1n) is 12.4. The summed E-state index contributed by atoms with van der Waals surface area (Å²) in [5.74, 6) is 0.430. The van der Waals surface area contributed by atoms with Crippen LogP contribution in [0.2, 0.25) is 5.02 Å². The molecule has 0 radical (unpaired) electrons. The Balaban J connectivity index is 1.78. The molecular formula is C28H30ClN5O4S. The SMILES string of the molecule is Cc1cc2c(cc1-c1nnc(C(C)(C)C#N)o1)N(Cc1ccc(Cl)cc1)C(=O)[C@@H](CC(C)(C)NC(=O)O)CS2. The molecule has 1 aliphatic heterocycles. The Hall–Kier alpha value is -3.55. The summed E-state index contributed by atoms with van der Waals surface area (Å²) in [6.07, 6.45) is -0.799. The van der Waals surface area contributed by atoms with Gasteiger partial charge in [-0.2, -0.15) is 5.26 Å². The number of rotatable bonds is 7. The minimum Gasteiger partial charge on any atom is -0.465 e. The summed E-state index contributed by atoms with van der Waals surface area (Å²) in [5, 5.41) is 30.2. The summed E-state index contributed by atoms with van der Waals surface area (Å²) in [6.45, 7) is 9.20. The van der Waals surface area contributed by atoms with Gasteiger partial charge in [-0.3, -0.25) is 4.79 Å². The number of anilines is 1. The Morgan fingerprint density at radius 2 is 1.95 bits per heavy atom. The highest BCUT2D eigenvalue weighted by Gasteiger charge is 2.36. The molecule has 0 bridgehead atoms. The number of aromatic nitrogens is 2. The van der Waals surface area contributed by atoms with Crippen LogP contribution in [-0.4, -0.2) is 38.6 Å². The van der Waals surface area contributed by atoms with E-state index in [0.717, 1.165) is 16.0 Å². The lowest BCUT2D eigenvalue weighted by molar-refractivity contribution is -0.122. The third-order valence-corrected chi connectivity index (χ3v) is 8.04. The van der Waals surface area contributed by atoms with E-state index in [9.17, 15) is 20.0 Å². The minimum atomic E-state index is -1.13. The first-order chi connectivity index (χ1) is 18.3. The predicted molar refractivity (Wildman–Crippen MR) is 150 cm³/mol. The van der Waals surface area contributed by atoms with Crippen LogP contribution in [0.15, 0.2) is 45.7 Å². The van der Waals surface area contributed by atoms with E-state index >= 15 is 0 Å². The molecule has 2 aromatic carbocycles. The van der Waals surface area contributed by atoms with Crippen molar-refractivity contribution >= 4 is 41.1 Å². The summed E-state index contributed by atoms with van der Waals surface area (Å²) < 4.78 is 5.91. The van der Waals surface area contributed by atoms with E-state index in [1.807, 2.05) is 31.2 Å². The third kappa shape index (κ3) is 6.37. The molecule has 2 N–H and O–H groups in total. The Bertz CT molecular complexity index is 1450. The van der Waals surface area contributed by atoms with Crippen LogP contribution in [0.1, 0.15) is 51.1 Å². The zero-order valence-corrected chi connectivity index (χ0v) is 24.0. The molecular weight excluding hydrogens is 538 g/mol. The average molecular weight is 568 g/mol. The smallest absolute Gasteiger partial charge is 0.405 e. The second-order valence-electron chi connectivity index (χ2n) is 10.9. The van der Waals surface area contributed by atoms with Gasteiger partial charge in [-0.05, 0) is 76.4 Å². The van der Waals surface area contributed by atoms with Gasteiger partial charge >= 0.3 is 6.09 Å². The summed E-state index contributed by atoms with van der Waals surface area (Å²) in [6, 6.07) is 13.4. The lowest BCUT2D eigenvalue weighted by Gasteiger charge is -2.31. The van der Waals surface area contributed by atoms with Crippen molar-refractivity contribution in [1.82, 2.24) is 15.5 Å². The van der Waals surface area contributed by atoms with Gasteiger partial charge in [0.1, 0.15) is 5.41 Å². The van der Waals surface area contributed by atoms with Gasteiger partial charge in [0, 0.05) is 26.8 Å². The zero-order valence-electron chi connectivity index (χ0n) is 22.4. The van der Waals surface area contributed by atoms with E-state index < -0.39 is 23.0 Å². The van der Waals surface area contributed by atoms with Crippen molar-refractivity contribution in [3.8, 4) is 17.5 Å². The molecule has 3 aromatic rings. The van der Waals surface area contributed by atoms with Gasteiger partial charge in [0.15, 0.2) is 0 Å². The molecule has 0 unspecified atom stereocenters. The fourth-order valence-electron chi connectivity index (χ4n) is 4.50. The Labute approximate surface area is 236 Å². The number of amides is 2. The molecule has 1 atom stereocenters. The van der Waals surface area contributed by atoms with Crippen molar-refractivity contribution < 1.29 is 19.1 Å². The molecule has 4 rings (SSSR count). The Kier molecular flexibility index (Phi) is 7.96. The van der Waals surface area contributed by atoms with E-state index in [1.165, 1.54) is 0 Å². The number of hydrogen-bond acceptors (Lipinski definition) is 7. The lowest BCUT2D eigenvalue weighted by atomic mass is 9.90. The number of fused-ring (bicyclic) bond motifs is 1. The van der Waals surface area contributed by atoms with Crippen molar-refractivity contribution in [3.63, 3.8) is 0 Å². The topological polar surface area (TPSA) is 132 Å². The largest absolute Gasteiger partial charge is 0.465 e. The van der Waals surface area contributed by atoms with Crippen LogP contribution in [0.25, 0.3) is 11.5 Å². The molecule has 2 heterocycles. The van der Waals surface area contributed by atoms with Gasteiger partial charge in [-0.1, -0.05) is 23.7 Å². The van der Waals surface area contributed by atoms with Gasteiger partial charge in [0.25, 0.3) is 0 Å². The maximum Gasteiger partial charge on any atom is 0.405 e. The molecule has 0 saturated carbocycles. The monoisotopic (exact) mass is 567 g/mol. The van der Waals surface area contributed by atoms with Gasteiger partial charge in [0.2, 0.25) is 17.7 Å². The molecule has 1 aromatic heterocycles. The van der Waals surface area contributed by atoms with E-state index in [-0.39, 0.29) is 17.7 Å². The third-order valence-electron chi connectivity index (χ3n) is 6.58. The molecule has 9 nitrogen and oxygen atoms in total. The van der Waals surface area contributed by atoms with Crippen LogP contribution >= 0.6 is 23.4 Å². The van der Waals surface area contributed by atoms with Gasteiger partial charge in [-0.25, -0.2) is 4.79 Å². The molecule has 1 aliphatic rings. The molecule has 204 valence electrons. The quantitative estimate of drug-likeness (QED) is 0.345. The van der Waals surface area contributed by atoms with Crippen LogP contribution < -0.4 is 10.2 Å². The van der Waals surface area contributed by atoms with E-state index in [2.05, 4.69) is 21.6 Å². The number of hydrogen-bond donors (Lipinski definition) is 2. The number of aryl methyl sites for hydroxylation is 1. The Morgan fingerprint density at radius 3 is 2.59 bits per heavy atom. The standard InChI is InChI=1S/C28H30ClN5O4S/c1-16-10-22-21(11-20(16)23-32-33-25(38-23)27(2,3)15-30)34(13-17-6-8-19(29)9-7-17)24(35)18(14-39-22)12-28(4,5)31-26(36)37/h6-11,18,31H,12-14H2,1-5H3,(H,36,37)/t18-/m0/s1. The molecule has 11 heteroatoms. The van der Waals surface area contributed by atoms with Crippen LogP contribution in [0.4, 0.5) is 10.5 Å². The number of thioether (sulfide) groups is 1. The van der Waals surface area contributed by atoms with Gasteiger partial charge < -0.3 is 19.7 Å². The summed E-state index contributed by atoms with van der Waals surface area (Å²) >= 11 is 7.66. The van der Waals surface area contributed by atoms with Crippen LogP contribution in [0.5, 0.6) is 0 Å². The summed E-state index contributed by atoms with van der Waals surface area (Å²) in [7, 11) is 0. The minimum absolute atomic E-state index is 0.108. The highest BCUT2D eigenvalue weighted by atomic mass is 35.5. The van der Waals surface area contributed by atoms with Crippen LogP contribution in [-0.2, 0) is 16.8 Å². The normalized spacial score (nSPS) is 15.9. The van der Waals surface area contributed by atoms with Crippen LogP contribution in [0.3, 0.4) is 0 Å². The Morgan fingerprint density at radius 1 is 1.26 bits per heavy atom. The maximum absolute atomic E-state index is 14.1. The van der Waals surface area contributed by atoms with Crippen molar-refractivity contribution in [2.24, 2.45) is 5.92 Å². The second kappa shape index (κ2) is 10.9. The molecule has 0 fully saturated rings. The second-order valence-corrected chi connectivity index (χ2v) is 12.4. The predicted octanol–water partition coefficient (Wildman–Crippen LogP) is 6.19. The number of carbonyl (C=O) groups is 2. The number of benzene rings is 2. The first-order valence-corrected chi connectivity index (χ1v) is 13.8. The molecule has 0 spiro atoms. The number of nitriles is 1. The molecule has 2 amide bonds. The number of nitrogens with zero attached hydrogens (tertiary/aromatic N) is 4. The number of carbonyl (C=O) groups excluding carboxylic acids is 1. The summed E-state index contributed by atoms with van der Waals surface area (Å²) in [5.41, 5.74) is 1.40. The van der Waals surface area contributed by atoms with Crippen LogP contribution in [0, 0.1) is 24.2 Å². The highest BCUT2D eigenvalue weighted by molar-refractivity contribution is 7.99. The summed E-state index contributed by atoms with van der Waals surface area (Å²) in [4.78, 5) is 28.1. The van der Waals surface area contributed by atoms with E-state index in [4.69, 9.17) is 16.0 Å². The van der Waals surface area contributed by atoms with Crippen molar-refractivity contribution in [1.29, 1.82) is 5.26 Å². The van der Waals surface area contributed by atoms with Crippen molar-refractivity contribution in [2.75, 3.05) is 10.7 Å². The number of halogens is 1. The van der Waals surface area contributed by atoms with Crippen molar-refractivity contribution in [3.05, 3.63) is 58.4 Å². The van der Waals surface area contributed by atoms with E-state index in [0.29, 0.717) is 35.0 Å². The highest BCUT2D eigenvalue weighted by Crippen LogP contribution is 2.42. The fraction of sp³-hybridized carbons (Fsp3) is 0.393. The number of carboxylic acid groups (broad SMARTS) is 1. The average Bonchev–Trinajstić information content (AvgIpc) is 3.32. The maximum atomic E-state index is 14.1. The zero-order chi connectivity index (χ0) is 28.5. The first kappa shape index (κ1) is 28.5. The van der Waals surface area contributed by atoms with Gasteiger partial charge in [0.05, 0.1) is 24.2 Å². The number of nitrogens with one attached hydrogen (secondary N) is 1. The molecule has 39 heavy (non-hydrogen) atoms. The molecule has 0 saturated heterocycles. The van der Waals surface area contributed by atoms with Gasteiger partial charge in [-0.15, -0.1) is 22.0 Å². The lowest BCUT2D eigenvalue weighted by Crippen LogP contribution is -2.47.